The molecule has 1 aliphatic heterocycles. The predicted octanol–water partition coefficient (Wildman–Crippen LogP) is 2.61. The Morgan fingerprint density at radius 2 is 1.79 bits per heavy atom. The lowest BCUT2D eigenvalue weighted by Gasteiger charge is -2.38. The third-order valence-corrected chi connectivity index (χ3v) is 4.55. The molecular weight excluding hydrogens is 333 g/mol. The third-order valence-electron chi connectivity index (χ3n) is 4.24. The van der Waals surface area contributed by atoms with Crippen LogP contribution in [0, 0.1) is 11.7 Å². The molecule has 2 rings (SSSR count). The summed E-state index contributed by atoms with van der Waals surface area (Å²) in [5.74, 6) is -0.521. The summed E-state index contributed by atoms with van der Waals surface area (Å²) in [4.78, 5) is 28.2. The molecule has 1 aromatic carbocycles. The second-order valence-electron chi connectivity index (χ2n) is 6.31. The van der Waals surface area contributed by atoms with Crippen molar-refractivity contribution >= 4 is 29.1 Å². The number of amides is 2. The SMILES string of the molecule is CC(C)C(=O)N1CCN([C@H](C)C(=O)Nc2ccc(F)cc2Cl)CC1. The maximum atomic E-state index is 13.1. The van der Waals surface area contributed by atoms with Crippen molar-refractivity contribution in [2.75, 3.05) is 31.5 Å². The van der Waals surface area contributed by atoms with Gasteiger partial charge in [0.15, 0.2) is 0 Å². The standard InChI is InChI=1S/C17H23ClFN3O2/c1-11(2)17(24)22-8-6-21(7-9-22)12(3)16(23)20-15-5-4-13(19)10-14(15)18/h4-5,10-12H,6-9H2,1-3H3,(H,20,23)/t12-/m1/s1. The Morgan fingerprint density at radius 1 is 1.17 bits per heavy atom. The molecule has 0 radical (unpaired) electrons. The molecule has 132 valence electrons. The summed E-state index contributed by atoms with van der Waals surface area (Å²) in [6, 6.07) is 3.50. The van der Waals surface area contributed by atoms with Gasteiger partial charge < -0.3 is 10.2 Å². The molecule has 0 saturated carbocycles. The van der Waals surface area contributed by atoms with Gasteiger partial charge in [-0.1, -0.05) is 25.4 Å². The van der Waals surface area contributed by atoms with E-state index >= 15 is 0 Å². The first-order valence-corrected chi connectivity index (χ1v) is 8.46. The fourth-order valence-electron chi connectivity index (χ4n) is 2.69. The number of hydrogen-bond donors (Lipinski definition) is 1. The zero-order chi connectivity index (χ0) is 17.9. The van der Waals surface area contributed by atoms with E-state index in [0.717, 1.165) is 6.07 Å². The largest absolute Gasteiger partial charge is 0.340 e. The van der Waals surface area contributed by atoms with E-state index in [1.165, 1.54) is 12.1 Å². The lowest BCUT2D eigenvalue weighted by molar-refractivity contribution is -0.136. The van der Waals surface area contributed by atoms with Crippen LogP contribution in [0.2, 0.25) is 5.02 Å². The number of rotatable bonds is 4. The minimum atomic E-state index is -0.447. The van der Waals surface area contributed by atoms with Gasteiger partial charge >= 0.3 is 0 Å². The minimum absolute atomic E-state index is 0.0158. The zero-order valence-electron chi connectivity index (χ0n) is 14.2. The van der Waals surface area contributed by atoms with Crippen LogP contribution < -0.4 is 5.32 Å². The van der Waals surface area contributed by atoms with Crippen LogP contribution in [0.15, 0.2) is 18.2 Å². The van der Waals surface area contributed by atoms with Crippen molar-refractivity contribution in [3.8, 4) is 0 Å². The van der Waals surface area contributed by atoms with Gasteiger partial charge in [-0.2, -0.15) is 0 Å². The molecule has 0 spiro atoms. The molecule has 2 amide bonds. The van der Waals surface area contributed by atoms with Gasteiger partial charge in [0, 0.05) is 32.1 Å². The normalized spacial score (nSPS) is 17.0. The van der Waals surface area contributed by atoms with Crippen molar-refractivity contribution in [1.29, 1.82) is 0 Å². The lowest BCUT2D eigenvalue weighted by atomic mass is 10.1. The summed E-state index contributed by atoms with van der Waals surface area (Å²) in [7, 11) is 0. The van der Waals surface area contributed by atoms with Gasteiger partial charge in [-0.05, 0) is 25.1 Å². The average molecular weight is 356 g/mol. The van der Waals surface area contributed by atoms with Crippen molar-refractivity contribution < 1.29 is 14.0 Å². The van der Waals surface area contributed by atoms with Gasteiger partial charge in [-0.3, -0.25) is 14.5 Å². The summed E-state index contributed by atoms with van der Waals surface area (Å²) < 4.78 is 13.1. The predicted molar refractivity (Wildman–Crippen MR) is 92.5 cm³/mol. The third kappa shape index (κ3) is 4.45. The molecule has 1 fully saturated rings. The van der Waals surface area contributed by atoms with E-state index in [2.05, 4.69) is 5.32 Å². The number of anilines is 1. The minimum Gasteiger partial charge on any atom is -0.340 e. The molecule has 1 N–H and O–H groups in total. The number of halogens is 2. The fraction of sp³-hybridized carbons (Fsp3) is 0.529. The maximum Gasteiger partial charge on any atom is 0.241 e. The number of hydrogen-bond acceptors (Lipinski definition) is 3. The Kier molecular flexibility index (Phi) is 6.18. The fourth-order valence-corrected chi connectivity index (χ4v) is 2.90. The molecule has 1 heterocycles. The van der Waals surface area contributed by atoms with E-state index in [9.17, 15) is 14.0 Å². The molecule has 7 heteroatoms. The molecule has 1 atom stereocenters. The highest BCUT2D eigenvalue weighted by Crippen LogP contribution is 2.23. The van der Waals surface area contributed by atoms with Crippen LogP contribution in [0.4, 0.5) is 10.1 Å². The van der Waals surface area contributed by atoms with Gasteiger partial charge in [-0.25, -0.2) is 4.39 Å². The van der Waals surface area contributed by atoms with Crippen LogP contribution in [-0.4, -0.2) is 53.8 Å². The number of carbonyl (C=O) groups excluding carboxylic acids is 2. The molecule has 1 aromatic rings. The molecule has 0 aromatic heterocycles. The molecule has 1 saturated heterocycles. The van der Waals surface area contributed by atoms with Crippen LogP contribution in [0.25, 0.3) is 0 Å². The van der Waals surface area contributed by atoms with Crippen LogP contribution in [0.5, 0.6) is 0 Å². The Labute approximate surface area is 146 Å². The number of piperazine rings is 1. The number of nitrogens with one attached hydrogen (secondary N) is 1. The van der Waals surface area contributed by atoms with Crippen LogP contribution in [0.1, 0.15) is 20.8 Å². The highest BCUT2D eigenvalue weighted by Gasteiger charge is 2.28. The summed E-state index contributed by atoms with van der Waals surface area (Å²) in [6.07, 6.45) is 0. The van der Waals surface area contributed by atoms with E-state index in [0.29, 0.717) is 31.9 Å². The molecule has 0 aliphatic carbocycles. The Bertz CT molecular complexity index is 616. The topological polar surface area (TPSA) is 52.7 Å². The number of carbonyl (C=O) groups is 2. The van der Waals surface area contributed by atoms with Crippen molar-refractivity contribution in [1.82, 2.24) is 9.80 Å². The van der Waals surface area contributed by atoms with Gasteiger partial charge in [-0.15, -0.1) is 0 Å². The molecule has 1 aliphatic rings. The van der Waals surface area contributed by atoms with E-state index in [1.54, 1.807) is 0 Å². The summed E-state index contributed by atoms with van der Waals surface area (Å²) in [5, 5.41) is 2.90. The van der Waals surface area contributed by atoms with Crippen LogP contribution in [0.3, 0.4) is 0 Å². The van der Waals surface area contributed by atoms with E-state index in [4.69, 9.17) is 11.6 Å². The first-order valence-electron chi connectivity index (χ1n) is 8.08. The Balaban J connectivity index is 1.91. The Morgan fingerprint density at radius 3 is 2.33 bits per heavy atom. The van der Waals surface area contributed by atoms with Crippen LogP contribution in [-0.2, 0) is 9.59 Å². The van der Waals surface area contributed by atoms with Gasteiger partial charge in [0.05, 0.1) is 16.8 Å². The average Bonchev–Trinajstić information content (AvgIpc) is 2.56. The second kappa shape index (κ2) is 7.94. The second-order valence-corrected chi connectivity index (χ2v) is 6.71. The molecular formula is C17H23ClFN3O2. The monoisotopic (exact) mass is 355 g/mol. The lowest BCUT2D eigenvalue weighted by Crippen LogP contribution is -2.54. The molecule has 5 nitrogen and oxygen atoms in total. The van der Waals surface area contributed by atoms with Gasteiger partial charge in [0.1, 0.15) is 5.82 Å². The zero-order valence-corrected chi connectivity index (χ0v) is 14.9. The van der Waals surface area contributed by atoms with Crippen molar-refractivity contribution in [2.45, 2.75) is 26.8 Å². The number of nitrogens with zero attached hydrogens (tertiary/aromatic N) is 2. The van der Waals surface area contributed by atoms with Crippen molar-refractivity contribution in [3.63, 3.8) is 0 Å². The number of benzene rings is 1. The first kappa shape index (κ1) is 18.7. The summed E-state index contributed by atoms with van der Waals surface area (Å²) in [5.41, 5.74) is 0.392. The molecule has 24 heavy (non-hydrogen) atoms. The summed E-state index contributed by atoms with van der Waals surface area (Å²) in [6.45, 7) is 8.10. The smallest absolute Gasteiger partial charge is 0.241 e. The maximum absolute atomic E-state index is 13.1. The van der Waals surface area contributed by atoms with E-state index in [1.807, 2.05) is 30.6 Å². The van der Waals surface area contributed by atoms with E-state index < -0.39 is 5.82 Å². The highest BCUT2D eigenvalue weighted by atomic mass is 35.5. The summed E-state index contributed by atoms with van der Waals surface area (Å²) >= 11 is 5.94. The highest BCUT2D eigenvalue weighted by molar-refractivity contribution is 6.33. The Hall–Kier alpha value is -1.66. The van der Waals surface area contributed by atoms with Gasteiger partial charge in [0.25, 0.3) is 0 Å². The first-order chi connectivity index (χ1) is 11.3. The van der Waals surface area contributed by atoms with Crippen molar-refractivity contribution in [2.24, 2.45) is 5.92 Å². The van der Waals surface area contributed by atoms with Gasteiger partial charge in [0.2, 0.25) is 11.8 Å². The quantitative estimate of drug-likeness (QED) is 0.903. The van der Waals surface area contributed by atoms with Crippen molar-refractivity contribution in [3.05, 3.63) is 29.0 Å². The van der Waals surface area contributed by atoms with E-state index in [-0.39, 0.29) is 28.8 Å². The molecule has 0 unspecified atom stereocenters. The van der Waals surface area contributed by atoms with Crippen LogP contribution >= 0.6 is 11.6 Å². The molecule has 0 bridgehead atoms.